The molecule has 0 aromatic carbocycles. The first-order chi connectivity index (χ1) is 3.97. The van der Waals surface area contributed by atoms with E-state index in [0.29, 0.717) is 0 Å². The molecule has 0 fully saturated rings. The Bertz CT molecular complexity index is 229. The van der Waals surface area contributed by atoms with Crippen LogP contribution in [0.5, 0.6) is 0 Å². The van der Waals surface area contributed by atoms with E-state index >= 15 is 0 Å². The van der Waals surface area contributed by atoms with Crippen molar-refractivity contribution < 1.29 is 0 Å². The molecule has 0 saturated carbocycles. The van der Waals surface area contributed by atoms with Crippen LogP contribution in [0, 0.1) is 6.33 Å². The van der Waals surface area contributed by atoms with Gasteiger partial charge >= 0.3 is 0 Å². The topological polar surface area (TPSA) is 46.0 Å². The van der Waals surface area contributed by atoms with Gasteiger partial charge in [0.25, 0.3) is 0 Å². The highest BCUT2D eigenvalue weighted by molar-refractivity contribution is 5.32. The molecule has 2 aromatic rings. The molecule has 0 amide bonds. The fourth-order valence-electron chi connectivity index (χ4n) is 0.597. The third kappa shape index (κ3) is 0.294. The first-order valence-corrected chi connectivity index (χ1v) is 2.23. The summed E-state index contributed by atoms with van der Waals surface area (Å²) >= 11 is 0. The van der Waals surface area contributed by atoms with E-state index in [1.54, 1.807) is 6.20 Å². The summed E-state index contributed by atoms with van der Waals surface area (Å²) in [5.41, 5.74) is 0.866. The minimum Gasteiger partial charge on any atom is -0.319 e. The Morgan fingerprint density at radius 3 is 3.62 bits per heavy atom. The van der Waals surface area contributed by atoms with Gasteiger partial charge in [-0.3, -0.25) is 0 Å². The summed E-state index contributed by atoms with van der Waals surface area (Å²) in [5.74, 6) is 0. The van der Waals surface area contributed by atoms with Crippen LogP contribution >= 0.6 is 0 Å². The Morgan fingerprint density at radius 1 is 1.75 bits per heavy atom. The lowest BCUT2D eigenvalue weighted by molar-refractivity contribution is 0.818. The zero-order valence-corrected chi connectivity index (χ0v) is 4.00. The second-order valence-corrected chi connectivity index (χ2v) is 1.44. The van der Waals surface area contributed by atoms with Crippen molar-refractivity contribution in [3.05, 3.63) is 18.6 Å². The first kappa shape index (κ1) is 3.65. The highest BCUT2D eigenvalue weighted by Crippen LogP contribution is 1.89. The second-order valence-electron chi connectivity index (χ2n) is 1.44. The van der Waals surface area contributed by atoms with Gasteiger partial charge in [0.1, 0.15) is 0 Å². The van der Waals surface area contributed by atoms with Gasteiger partial charge in [-0.2, -0.15) is 5.10 Å². The standard InChI is InChI=1S/C4H3N4/c1-2-6-8-4(1)5-3-7-8/h1-2H,(H,5,7). The highest BCUT2D eigenvalue weighted by Gasteiger charge is 1.89. The summed E-state index contributed by atoms with van der Waals surface area (Å²) in [4.78, 5) is 2.76. The van der Waals surface area contributed by atoms with Crippen LogP contribution in [0.25, 0.3) is 5.65 Å². The summed E-state index contributed by atoms with van der Waals surface area (Å²) in [7, 11) is 0. The van der Waals surface area contributed by atoms with E-state index in [4.69, 9.17) is 0 Å². The fraction of sp³-hybridized carbons (Fsp3) is 0. The smallest absolute Gasteiger partial charge is 0.199 e. The third-order valence-electron chi connectivity index (χ3n) is 0.953. The number of rotatable bonds is 0. The Hall–Kier alpha value is -1.32. The summed E-state index contributed by atoms with van der Waals surface area (Å²) in [6, 6.07) is 1.82. The van der Waals surface area contributed by atoms with Crippen LogP contribution in [-0.2, 0) is 0 Å². The SMILES string of the molecule is [c]1nn2nccc2[nH]1. The molecule has 0 saturated heterocycles. The predicted molar refractivity (Wildman–Crippen MR) is 26.2 cm³/mol. The number of hydrogen-bond donors (Lipinski definition) is 1. The van der Waals surface area contributed by atoms with Crippen LogP contribution in [0.15, 0.2) is 12.3 Å². The van der Waals surface area contributed by atoms with E-state index < -0.39 is 0 Å². The Morgan fingerprint density at radius 2 is 2.75 bits per heavy atom. The fourth-order valence-corrected chi connectivity index (χ4v) is 0.597. The van der Waals surface area contributed by atoms with Crippen LogP contribution in [0.3, 0.4) is 0 Å². The van der Waals surface area contributed by atoms with E-state index in [9.17, 15) is 0 Å². The molecule has 4 nitrogen and oxygen atoms in total. The largest absolute Gasteiger partial charge is 0.319 e. The van der Waals surface area contributed by atoms with Gasteiger partial charge in [0, 0.05) is 6.07 Å². The summed E-state index contributed by atoms with van der Waals surface area (Å²) in [5, 5.41) is 7.53. The van der Waals surface area contributed by atoms with Crippen molar-refractivity contribution in [3.63, 3.8) is 0 Å². The Kier molecular flexibility index (Phi) is 0.498. The maximum absolute atomic E-state index is 3.82. The van der Waals surface area contributed by atoms with Gasteiger partial charge in [-0.05, 0) is 0 Å². The molecule has 1 radical (unpaired) electrons. The molecule has 0 aliphatic heterocycles. The zero-order valence-electron chi connectivity index (χ0n) is 4.00. The van der Waals surface area contributed by atoms with Gasteiger partial charge in [-0.25, -0.2) is 0 Å². The van der Waals surface area contributed by atoms with Crippen molar-refractivity contribution in [1.82, 2.24) is 19.8 Å². The van der Waals surface area contributed by atoms with E-state index in [2.05, 4.69) is 21.5 Å². The van der Waals surface area contributed by atoms with Crippen molar-refractivity contribution in [1.29, 1.82) is 0 Å². The number of H-pyrrole nitrogens is 1. The van der Waals surface area contributed by atoms with Crippen molar-refractivity contribution in [3.8, 4) is 0 Å². The lowest BCUT2D eigenvalue weighted by Gasteiger charge is -1.69. The maximum Gasteiger partial charge on any atom is 0.199 e. The van der Waals surface area contributed by atoms with Crippen molar-refractivity contribution in [2.45, 2.75) is 0 Å². The van der Waals surface area contributed by atoms with Crippen LogP contribution in [-0.4, -0.2) is 19.8 Å². The lowest BCUT2D eigenvalue weighted by atomic mass is 10.7. The Labute approximate surface area is 45.1 Å². The second kappa shape index (κ2) is 1.09. The molecule has 0 atom stereocenters. The van der Waals surface area contributed by atoms with Crippen molar-refractivity contribution >= 4 is 5.65 Å². The molecule has 4 heteroatoms. The molecule has 2 heterocycles. The molecule has 2 aromatic heterocycles. The number of nitrogens with zero attached hydrogens (tertiary/aromatic N) is 3. The third-order valence-corrected chi connectivity index (χ3v) is 0.953. The average Bonchev–Trinajstić information content (AvgIpc) is 2.15. The minimum absolute atomic E-state index is 0.866. The molecular formula is C4H3N4. The summed E-state index contributed by atoms with van der Waals surface area (Å²) in [6.07, 6.45) is 4.22. The number of aromatic amines is 1. The first-order valence-electron chi connectivity index (χ1n) is 2.23. The molecule has 0 bridgehead atoms. The Balaban J connectivity index is 3.06. The van der Waals surface area contributed by atoms with E-state index in [1.807, 2.05) is 6.07 Å². The van der Waals surface area contributed by atoms with Gasteiger partial charge in [-0.15, -0.1) is 9.73 Å². The van der Waals surface area contributed by atoms with Crippen LogP contribution in [0.1, 0.15) is 0 Å². The zero-order chi connectivity index (χ0) is 5.40. The highest BCUT2D eigenvalue weighted by atomic mass is 15.4. The molecule has 2 rings (SSSR count). The lowest BCUT2D eigenvalue weighted by Crippen LogP contribution is -1.82. The van der Waals surface area contributed by atoms with Crippen LogP contribution in [0.2, 0.25) is 0 Å². The molecule has 0 aliphatic rings. The van der Waals surface area contributed by atoms with Gasteiger partial charge in [0.05, 0.1) is 6.20 Å². The molecule has 1 N–H and O–H groups in total. The van der Waals surface area contributed by atoms with E-state index in [1.165, 1.54) is 4.63 Å². The maximum atomic E-state index is 3.82. The monoisotopic (exact) mass is 107 g/mol. The molecule has 8 heavy (non-hydrogen) atoms. The van der Waals surface area contributed by atoms with E-state index in [-0.39, 0.29) is 0 Å². The minimum atomic E-state index is 0.866. The van der Waals surface area contributed by atoms with Crippen molar-refractivity contribution in [2.24, 2.45) is 0 Å². The van der Waals surface area contributed by atoms with Gasteiger partial charge < -0.3 is 4.98 Å². The van der Waals surface area contributed by atoms with Crippen molar-refractivity contribution in [2.75, 3.05) is 0 Å². The summed E-state index contributed by atoms with van der Waals surface area (Å²) in [6.45, 7) is 0. The number of nitrogens with one attached hydrogen (secondary N) is 1. The number of fused-ring (bicyclic) bond motifs is 1. The van der Waals surface area contributed by atoms with E-state index in [0.717, 1.165) is 5.65 Å². The molecule has 39 valence electrons. The quantitative estimate of drug-likeness (QED) is 0.509. The predicted octanol–water partition coefficient (Wildman–Crippen LogP) is -0.142. The molecule has 0 aliphatic carbocycles. The van der Waals surface area contributed by atoms with Crippen LogP contribution in [0.4, 0.5) is 0 Å². The molecular weight excluding hydrogens is 104 g/mol. The van der Waals surface area contributed by atoms with Gasteiger partial charge in [0.15, 0.2) is 12.0 Å². The van der Waals surface area contributed by atoms with Gasteiger partial charge in [0.2, 0.25) is 0 Å². The van der Waals surface area contributed by atoms with Gasteiger partial charge in [-0.1, -0.05) is 0 Å². The molecule has 0 spiro atoms. The van der Waals surface area contributed by atoms with Crippen LogP contribution < -0.4 is 0 Å². The normalized spacial score (nSPS) is 10.5. The number of aromatic nitrogens is 4. The summed E-state index contributed by atoms with van der Waals surface area (Å²) < 4.78 is 1.47. The number of hydrogen-bond acceptors (Lipinski definition) is 2. The average molecular weight is 107 g/mol. The molecule has 0 unspecified atom stereocenters.